The quantitative estimate of drug-likeness (QED) is 0.489. The first kappa shape index (κ1) is 18.6. The molecule has 0 atom stereocenters. The lowest BCUT2D eigenvalue weighted by Crippen LogP contribution is -2.27. The SMILES string of the molecule is C=CCOc1c(Br)cc(/C=C2/SC(=O)N(CC)C2=O)cc1OCC. The fraction of sp³-hybridized carbons (Fsp3) is 0.294. The fourth-order valence-electron chi connectivity index (χ4n) is 2.14. The molecule has 0 N–H and O–H groups in total. The monoisotopic (exact) mass is 411 g/mol. The van der Waals surface area contributed by atoms with E-state index in [0.29, 0.717) is 40.6 Å². The van der Waals surface area contributed by atoms with E-state index in [1.54, 1.807) is 25.1 Å². The van der Waals surface area contributed by atoms with Gasteiger partial charge in [-0.2, -0.15) is 0 Å². The van der Waals surface area contributed by atoms with E-state index in [-0.39, 0.29) is 11.1 Å². The Morgan fingerprint density at radius 2 is 2.04 bits per heavy atom. The molecule has 1 saturated heterocycles. The van der Waals surface area contributed by atoms with Crippen molar-refractivity contribution in [3.63, 3.8) is 0 Å². The van der Waals surface area contributed by atoms with Crippen LogP contribution < -0.4 is 9.47 Å². The number of amides is 2. The molecule has 24 heavy (non-hydrogen) atoms. The van der Waals surface area contributed by atoms with Gasteiger partial charge in [-0.25, -0.2) is 0 Å². The molecule has 7 heteroatoms. The summed E-state index contributed by atoms with van der Waals surface area (Å²) in [5.74, 6) is 0.874. The van der Waals surface area contributed by atoms with Crippen LogP contribution in [0.4, 0.5) is 4.79 Å². The van der Waals surface area contributed by atoms with Crippen LogP contribution in [-0.2, 0) is 4.79 Å². The van der Waals surface area contributed by atoms with E-state index in [0.717, 1.165) is 17.3 Å². The number of likely N-dealkylation sites (N-methyl/N-ethyl adjacent to an activating group) is 1. The maximum atomic E-state index is 12.2. The van der Waals surface area contributed by atoms with Gasteiger partial charge in [0.05, 0.1) is 16.0 Å². The number of ether oxygens (including phenoxy) is 2. The van der Waals surface area contributed by atoms with Gasteiger partial charge in [0.15, 0.2) is 11.5 Å². The molecule has 0 radical (unpaired) electrons. The lowest BCUT2D eigenvalue weighted by atomic mass is 10.2. The summed E-state index contributed by atoms with van der Waals surface area (Å²) in [5.41, 5.74) is 0.748. The molecule has 1 aromatic carbocycles. The van der Waals surface area contributed by atoms with Gasteiger partial charge in [-0.1, -0.05) is 12.7 Å². The second kappa shape index (κ2) is 8.39. The van der Waals surface area contributed by atoms with Gasteiger partial charge < -0.3 is 9.47 Å². The highest BCUT2D eigenvalue weighted by molar-refractivity contribution is 9.10. The third-order valence-corrected chi connectivity index (χ3v) is 4.66. The zero-order chi connectivity index (χ0) is 17.7. The third kappa shape index (κ3) is 4.02. The number of carbonyl (C=O) groups excluding carboxylic acids is 2. The number of imide groups is 1. The van der Waals surface area contributed by atoms with Gasteiger partial charge in [0.2, 0.25) is 0 Å². The topological polar surface area (TPSA) is 55.8 Å². The second-order valence-corrected chi connectivity index (χ2v) is 6.64. The molecule has 1 aliphatic heterocycles. The molecule has 1 aliphatic rings. The number of rotatable bonds is 7. The summed E-state index contributed by atoms with van der Waals surface area (Å²) in [6.45, 7) is 8.48. The van der Waals surface area contributed by atoms with Crippen LogP contribution in [0.15, 0.2) is 34.2 Å². The molecular formula is C17H18BrNO4S. The summed E-state index contributed by atoms with van der Waals surface area (Å²) in [5, 5.41) is -0.246. The molecule has 5 nitrogen and oxygen atoms in total. The first-order valence-corrected chi connectivity index (χ1v) is 9.08. The van der Waals surface area contributed by atoms with Crippen LogP contribution in [0.3, 0.4) is 0 Å². The summed E-state index contributed by atoms with van der Waals surface area (Å²) in [7, 11) is 0. The van der Waals surface area contributed by atoms with Crippen molar-refractivity contribution < 1.29 is 19.1 Å². The maximum Gasteiger partial charge on any atom is 0.293 e. The van der Waals surface area contributed by atoms with E-state index >= 15 is 0 Å². The van der Waals surface area contributed by atoms with E-state index in [2.05, 4.69) is 22.5 Å². The number of carbonyl (C=O) groups is 2. The molecule has 1 fully saturated rings. The zero-order valence-corrected chi connectivity index (χ0v) is 15.9. The van der Waals surface area contributed by atoms with Crippen LogP contribution >= 0.6 is 27.7 Å². The van der Waals surface area contributed by atoms with E-state index in [4.69, 9.17) is 9.47 Å². The lowest BCUT2D eigenvalue weighted by molar-refractivity contribution is -0.122. The van der Waals surface area contributed by atoms with Crippen LogP contribution in [0.25, 0.3) is 6.08 Å². The minimum Gasteiger partial charge on any atom is -0.490 e. The second-order valence-electron chi connectivity index (χ2n) is 4.79. The Bertz CT molecular complexity index is 702. The molecule has 1 heterocycles. The van der Waals surface area contributed by atoms with Crippen molar-refractivity contribution in [3.8, 4) is 11.5 Å². The lowest BCUT2D eigenvalue weighted by Gasteiger charge is -2.13. The summed E-state index contributed by atoms with van der Waals surface area (Å²) in [6, 6.07) is 3.60. The molecule has 0 bridgehead atoms. The number of thioether (sulfide) groups is 1. The van der Waals surface area contributed by atoms with Crippen molar-refractivity contribution in [2.45, 2.75) is 13.8 Å². The van der Waals surface area contributed by atoms with E-state index in [1.165, 1.54) is 4.90 Å². The Labute approximate surface area is 153 Å². The molecule has 2 amide bonds. The van der Waals surface area contributed by atoms with Gasteiger partial charge in [-0.3, -0.25) is 14.5 Å². The summed E-state index contributed by atoms with van der Waals surface area (Å²) in [4.78, 5) is 25.6. The minimum atomic E-state index is -0.270. The highest BCUT2D eigenvalue weighted by atomic mass is 79.9. The van der Waals surface area contributed by atoms with Crippen molar-refractivity contribution in [2.24, 2.45) is 0 Å². The Morgan fingerprint density at radius 1 is 1.29 bits per heavy atom. The maximum absolute atomic E-state index is 12.2. The standard InChI is InChI=1S/C17H18BrNO4S/c1-4-7-23-15-12(18)8-11(9-13(15)22-6-3)10-14-16(20)19(5-2)17(21)24-14/h4,8-10H,1,5-7H2,2-3H3/b14-10+. The highest BCUT2D eigenvalue weighted by Gasteiger charge is 2.33. The van der Waals surface area contributed by atoms with Crippen LogP contribution in [0.1, 0.15) is 19.4 Å². The van der Waals surface area contributed by atoms with Gasteiger partial charge in [-0.15, -0.1) is 0 Å². The van der Waals surface area contributed by atoms with E-state index < -0.39 is 0 Å². The molecule has 0 aromatic heterocycles. The largest absolute Gasteiger partial charge is 0.490 e. The number of hydrogen-bond donors (Lipinski definition) is 0. The molecular weight excluding hydrogens is 394 g/mol. The molecule has 0 saturated carbocycles. The van der Waals surface area contributed by atoms with E-state index in [9.17, 15) is 9.59 Å². The summed E-state index contributed by atoms with van der Waals surface area (Å²) >= 11 is 4.40. The predicted octanol–water partition coefficient (Wildman–Crippen LogP) is 4.47. The van der Waals surface area contributed by atoms with Crippen molar-refractivity contribution in [3.05, 3.63) is 39.7 Å². The molecule has 128 valence electrons. The first-order valence-electron chi connectivity index (χ1n) is 7.47. The van der Waals surface area contributed by atoms with Crippen molar-refractivity contribution in [1.82, 2.24) is 4.90 Å². The van der Waals surface area contributed by atoms with Crippen LogP contribution in [0.5, 0.6) is 11.5 Å². The van der Waals surface area contributed by atoms with Crippen molar-refractivity contribution >= 4 is 44.9 Å². The Morgan fingerprint density at radius 3 is 2.62 bits per heavy atom. The van der Waals surface area contributed by atoms with Gasteiger partial charge >= 0.3 is 0 Å². The minimum absolute atomic E-state index is 0.246. The van der Waals surface area contributed by atoms with Gasteiger partial charge in [0.1, 0.15) is 6.61 Å². The Hall–Kier alpha value is -1.73. The van der Waals surface area contributed by atoms with Crippen LogP contribution in [0, 0.1) is 0 Å². The third-order valence-electron chi connectivity index (χ3n) is 3.16. The number of nitrogens with zero attached hydrogens (tertiary/aromatic N) is 1. The molecule has 2 rings (SSSR count). The number of halogens is 1. The van der Waals surface area contributed by atoms with Crippen LogP contribution in [-0.4, -0.2) is 35.8 Å². The highest BCUT2D eigenvalue weighted by Crippen LogP contribution is 2.39. The van der Waals surface area contributed by atoms with Gasteiger partial charge in [0, 0.05) is 6.54 Å². The Balaban J connectivity index is 2.38. The van der Waals surface area contributed by atoms with Crippen LogP contribution in [0.2, 0.25) is 0 Å². The van der Waals surface area contributed by atoms with Gasteiger partial charge in [-0.05, 0) is 65.3 Å². The fourth-order valence-corrected chi connectivity index (χ4v) is 3.62. The average molecular weight is 412 g/mol. The van der Waals surface area contributed by atoms with Crippen molar-refractivity contribution in [2.75, 3.05) is 19.8 Å². The van der Waals surface area contributed by atoms with E-state index in [1.807, 2.05) is 13.0 Å². The normalized spacial score (nSPS) is 16.0. The smallest absolute Gasteiger partial charge is 0.293 e. The molecule has 0 spiro atoms. The van der Waals surface area contributed by atoms with Gasteiger partial charge in [0.25, 0.3) is 11.1 Å². The zero-order valence-electron chi connectivity index (χ0n) is 13.5. The predicted molar refractivity (Wildman–Crippen MR) is 99.4 cm³/mol. The summed E-state index contributed by atoms with van der Waals surface area (Å²) in [6.07, 6.45) is 3.34. The van der Waals surface area contributed by atoms with Crippen molar-refractivity contribution in [1.29, 1.82) is 0 Å². The number of hydrogen-bond acceptors (Lipinski definition) is 5. The average Bonchev–Trinajstić information content (AvgIpc) is 2.80. The molecule has 0 unspecified atom stereocenters. The summed E-state index contributed by atoms with van der Waals surface area (Å²) < 4.78 is 11.9. The molecule has 0 aliphatic carbocycles. The molecule has 1 aromatic rings. The first-order chi connectivity index (χ1) is 11.5. The Kier molecular flexibility index (Phi) is 6.51. The number of benzene rings is 1.